The lowest BCUT2D eigenvalue weighted by Crippen LogP contribution is -2.18. The number of thioether (sulfide) groups is 1. The lowest BCUT2D eigenvalue weighted by molar-refractivity contribution is -0.120. The van der Waals surface area contributed by atoms with Gasteiger partial charge in [0.2, 0.25) is 5.91 Å². The third-order valence-electron chi connectivity index (χ3n) is 3.53. The molecule has 3 N–H and O–H groups in total. The van der Waals surface area contributed by atoms with E-state index < -0.39 is 0 Å². The highest BCUT2D eigenvalue weighted by Gasteiger charge is 2.09. The Morgan fingerprint density at radius 2 is 2.04 bits per heavy atom. The number of hydrogen-bond donors (Lipinski definition) is 3. The van der Waals surface area contributed by atoms with Gasteiger partial charge >= 0.3 is 0 Å². The van der Waals surface area contributed by atoms with Crippen molar-refractivity contribution in [3.63, 3.8) is 0 Å². The van der Waals surface area contributed by atoms with E-state index in [1.165, 1.54) is 18.0 Å². The Morgan fingerprint density at radius 1 is 1.32 bits per heavy atom. The first-order valence-corrected chi connectivity index (χ1v) is 8.79. The first kappa shape index (κ1) is 19.0. The Morgan fingerprint density at radius 3 is 2.72 bits per heavy atom. The number of aromatic hydroxyl groups is 1. The molecule has 0 saturated carbocycles. The van der Waals surface area contributed by atoms with E-state index in [0.717, 1.165) is 4.90 Å². The van der Waals surface area contributed by atoms with Crippen LogP contribution in [0.1, 0.15) is 28.8 Å². The quantitative estimate of drug-likeness (QED) is 0.401. The Balaban J connectivity index is 1.84. The van der Waals surface area contributed by atoms with E-state index in [4.69, 9.17) is 0 Å². The van der Waals surface area contributed by atoms with E-state index in [0.29, 0.717) is 29.0 Å². The summed E-state index contributed by atoms with van der Waals surface area (Å²) < 4.78 is 0. The zero-order valence-corrected chi connectivity index (χ0v) is 15.0. The number of nitrogens with zero attached hydrogens (tertiary/aromatic N) is 2. The van der Waals surface area contributed by atoms with E-state index in [9.17, 15) is 15.0 Å². The molecule has 0 aliphatic carbocycles. The number of aliphatic hydroxyl groups is 1. The van der Waals surface area contributed by atoms with E-state index in [1.807, 2.05) is 31.2 Å². The van der Waals surface area contributed by atoms with Gasteiger partial charge in [-0.2, -0.15) is 5.10 Å². The van der Waals surface area contributed by atoms with Crippen LogP contribution in [0, 0.1) is 13.8 Å². The first-order chi connectivity index (χ1) is 12.0. The summed E-state index contributed by atoms with van der Waals surface area (Å²) >= 11 is 1.60. The van der Waals surface area contributed by atoms with Crippen molar-refractivity contribution in [3.05, 3.63) is 52.8 Å². The summed E-state index contributed by atoms with van der Waals surface area (Å²) in [6, 6.07) is 8.13. The van der Waals surface area contributed by atoms with Gasteiger partial charge in [-0.1, -0.05) is 17.7 Å². The molecule has 0 spiro atoms. The van der Waals surface area contributed by atoms with Crippen molar-refractivity contribution in [3.8, 4) is 5.75 Å². The maximum Gasteiger partial charge on any atom is 0.240 e. The van der Waals surface area contributed by atoms with Crippen molar-refractivity contribution in [2.45, 2.75) is 31.8 Å². The average molecular weight is 359 g/mol. The fourth-order valence-electron chi connectivity index (χ4n) is 2.04. The van der Waals surface area contributed by atoms with Crippen molar-refractivity contribution < 1.29 is 15.0 Å². The number of benzene rings is 1. The molecule has 1 aromatic carbocycles. The minimum atomic E-state index is -0.274. The predicted molar refractivity (Wildman–Crippen MR) is 98.8 cm³/mol. The number of carbonyl (C=O) groups is 1. The average Bonchev–Trinajstić information content (AvgIpc) is 2.60. The SMILES string of the molecule is Cc1ccc(SCCC(=O)N/N=C/c2c(CO)cnc(C)c2O)cc1. The summed E-state index contributed by atoms with van der Waals surface area (Å²) in [7, 11) is 0. The van der Waals surface area contributed by atoms with Gasteiger partial charge in [0.1, 0.15) is 5.75 Å². The molecule has 1 heterocycles. The highest BCUT2D eigenvalue weighted by atomic mass is 32.2. The number of hydrogen-bond acceptors (Lipinski definition) is 6. The lowest BCUT2D eigenvalue weighted by atomic mass is 10.1. The monoisotopic (exact) mass is 359 g/mol. The molecule has 1 aromatic heterocycles. The molecule has 1 amide bonds. The van der Waals surface area contributed by atoms with Gasteiger partial charge in [0.15, 0.2) is 0 Å². The Bertz CT molecular complexity index is 761. The smallest absolute Gasteiger partial charge is 0.240 e. The van der Waals surface area contributed by atoms with Crippen LogP contribution in [0.4, 0.5) is 0 Å². The molecular weight excluding hydrogens is 338 g/mol. The van der Waals surface area contributed by atoms with Crippen LogP contribution < -0.4 is 5.43 Å². The van der Waals surface area contributed by atoms with Gasteiger partial charge < -0.3 is 10.2 Å². The van der Waals surface area contributed by atoms with Gasteiger partial charge in [0.25, 0.3) is 0 Å². The molecule has 0 fully saturated rings. The van der Waals surface area contributed by atoms with Gasteiger partial charge in [-0.15, -0.1) is 11.8 Å². The molecule has 0 aliphatic heterocycles. The van der Waals surface area contributed by atoms with Crippen LogP contribution in [0.5, 0.6) is 5.75 Å². The number of aryl methyl sites for hydroxylation is 2. The fourth-order valence-corrected chi connectivity index (χ4v) is 2.89. The van der Waals surface area contributed by atoms with Crippen molar-refractivity contribution in [1.82, 2.24) is 10.4 Å². The van der Waals surface area contributed by atoms with E-state index in [-0.39, 0.29) is 18.3 Å². The van der Waals surface area contributed by atoms with E-state index >= 15 is 0 Å². The standard InChI is InChI=1S/C18H21N3O3S/c1-12-3-5-15(6-4-12)25-8-7-17(23)21-20-10-16-14(11-22)9-19-13(2)18(16)24/h3-6,9-10,22,24H,7-8,11H2,1-2H3,(H,21,23)/b20-10+. The molecule has 2 aromatic rings. The molecule has 7 heteroatoms. The summed E-state index contributed by atoms with van der Waals surface area (Å²) in [5.41, 5.74) is 4.85. The first-order valence-electron chi connectivity index (χ1n) is 7.81. The minimum absolute atomic E-state index is 0.0560. The zero-order valence-electron chi connectivity index (χ0n) is 14.2. The van der Waals surface area contributed by atoms with Crippen molar-refractivity contribution in [2.75, 3.05) is 5.75 Å². The molecule has 25 heavy (non-hydrogen) atoms. The van der Waals surface area contributed by atoms with E-state index in [2.05, 4.69) is 15.5 Å². The molecular formula is C18H21N3O3S. The number of aromatic nitrogens is 1. The number of rotatable bonds is 7. The molecule has 132 valence electrons. The highest BCUT2D eigenvalue weighted by molar-refractivity contribution is 7.99. The number of carbonyl (C=O) groups excluding carboxylic acids is 1. The Kier molecular flexibility index (Phi) is 6.97. The molecule has 0 radical (unpaired) electrons. The minimum Gasteiger partial charge on any atom is -0.505 e. The second-order valence-corrected chi connectivity index (χ2v) is 6.66. The van der Waals surface area contributed by atoms with Crippen molar-refractivity contribution in [2.24, 2.45) is 5.10 Å². The van der Waals surface area contributed by atoms with Crippen LogP contribution in [0.15, 0.2) is 40.5 Å². The third-order valence-corrected chi connectivity index (χ3v) is 4.54. The van der Waals surface area contributed by atoms with Crippen molar-refractivity contribution in [1.29, 1.82) is 0 Å². The number of hydrazone groups is 1. The maximum atomic E-state index is 11.8. The molecule has 2 rings (SSSR count). The Hall–Kier alpha value is -2.38. The number of pyridine rings is 1. The van der Waals surface area contributed by atoms with Gasteiger partial charge in [0, 0.05) is 34.4 Å². The molecule has 0 aliphatic rings. The number of nitrogens with one attached hydrogen (secondary N) is 1. The summed E-state index contributed by atoms with van der Waals surface area (Å²) in [6.07, 6.45) is 3.11. The number of aliphatic hydroxyl groups excluding tert-OH is 1. The van der Waals surface area contributed by atoms with Gasteiger partial charge in [-0.3, -0.25) is 9.78 Å². The molecule has 0 bridgehead atoms. The highest BCUT2D eigenvalue weighted by Crippen LogP contribution is 2.22. The zero-order chi connectivity index (χ0) is 18.2. The summed E-state index contributed by atoms with van der Waals surface area (Å²) in [5, 5.41) is 23.1. The lowest BCUT2D eigenvalue weighted by Gasteiger charge is -2.07. The molecule has 0 saturated heterocycles. The Labute approximate surface area is 151 Å². The predicted octanol–water partition coefficient (Wildman–Crippen LogP) is 2.53. The van der Waals surface area contributed by atoms with E-state index in [1.54, 1.807) is 18.7 Å². The normalized spacial score (nSPS) is 11.0. The fraction of sp³-hybridized carbons (Fsp3) is 0.278. The topological polar surface area (TPSA) is 94.8 Å². The van der Waals surface area contributed by atoms with Gasteiger partial charge in [-0.05, 0) is 26.0 Å². The second-order valence-electron chi connectivity index (χ2n) is 5.49. The summed E-state index contributed by atoms with van der Waals surface area (Å²) in [6.45, 7) is 3.40. The van der Waals surface area contributed by atoms with Crippen LogP contribution in [-0.2, 0) is 11.4 Å². The van der Waals surface area contributed by atoms with Crippen LogP contribution >= 0.6 is 11.8 Å². The van der Waals surface area contributed by atoms with Crippen molar-refractivity contribution >= 4 is 23.9 Å². The van der Waals surface area contributed by atoms with Crippen LogP contribution in [0.2, 0.25) is 0 Å². The van der Waals surface area contributed by atoms with Crippen LogP contribution in [0.3, 0.4) is 0 Å². The van der Waals surface area contributed by atoms with Crippen LogP contribution in [0.25, 0.3) is 0 Å². The van der Waals surface area contributed by atoms with Gasteiger partial charge in [0.05, 0.1) is 18.5 Å². The largest absolute Gasteiger partial charge is 0.505 e. The molecule has 6 nitrogen and oxygen atoms in total. The third kappa shape index (κ3) is 5.58. The number of amides is 1. The van der Waals surface area contributed by atoms with Crippen LogP contribution in [-0.4, -0.2) is 33.1 Å². The molecule has 0 atom stereocenters. The summed E-state index contributed by atoms with van der Waals surface area (Å²) in [5.74, 6) is 0.373. The second kappa shape index (κ2) is 9.19. The maximum absolute atomic E-state index is 11.8. The van der Waals surface area contributed by atoms with Gasteiger partial charge in [-0.25, -0.2) is 5.43 Å². The molecule has 0 unspecified atom stereocenters. The summed E-state index contributed by atoms with van der Waals surface area (Å²) in [4.78, 5) is 16.9.